The van der Waals surface area contributed by atoms with E-state index in [0.29, 0.717) is 30.3 Å². The number of nitrogens with zero attached hydrogens (tertiary/aromatic N) is 4. The molecule has 0 spiro atoms. The molecular weight excluding hydrogens is 532 g/mol. The fourth-order valence-corrected chi connectivity index (χ4v) is 4.68. The van der Waals surface area contributed by atoms with Crippen LogP contribution in [0, 0.1) is 18.8 Å². The Balaban J connectivity index is 1.10. The summed E-state index contributed by atoms with van der Waals surface area (Å²) in [5.74, 6) is 7.15. The minimum absolute atomic E-state index is 0.157. The van der Waals surface area contributed by atoms with E-state index in [2.05, 4.69) is 37.4 Å². The van der Waals surface area contributed by atoms with Crippen LogP contribution in [-0.2, 0) is 14.3 Å². The minimum atomic E-state index is -0.396. The van der Waals surface area contributed by atoms with Gasteiger partial charge >= 0.3 is 0 Å². The van der Waals surface area contributed by atoms with Crippen molar-refractivity contribution in [1.82, 2.24) is 19.4 Å². The van der Waals surface area contributed by atoms with Gasteiger partial charge in [-0.25, -0.2) is 15.0 Å². The predicted octanol–water partition coefficient (Wildman–Crippen LogP) is 6.00. The van der Waals surface area contributed by atoms with Crippen LogP contribution in [0.5, 0.6) is 11.5 Å². The van der Waals surface area contributed by atoms with Gasteiger partial charge in [-0.2, -0.15) is 0 Å². The molecule has 6 rings (SSSR count). The van der Waals surface area contributed by atoms with E-state index >= 15 is 0 Å². The standard InChI is InChI=1S/C32H30N6O4/c1-22-18-23(9-11-28(22)42-25-12-14-38-15-13-33-29(38)20-25)37-32-26-19-24(8-10-27(26)34-21-35-32)36-30(39)6-2-4-16-40-31-7-3-5-17-41-31/h8-15,18-21,31H,3-5,7,16-17H2,1H3,(H,36,39)(H,34,35,37). The number of aryl methyl sites for hydroxylation is 1. The number of pyridine rings is 1. The smallest absolute Gasteiger partial charge is 0.300 e. The predicted molar refractivity (Wildman–Crippen MR) is 160 cm³/mol. The highest BCUT2D eigenvalue weighted by Gasteiger charge is 2.13. The third kappa shape index (κ3) is 6.66. The fourth-order valence-electron chi connectivity index (χ4n) is 4.68. The molecule has 1 aliphatic heterocycles. The van der Waals surface area contributed by atoms with Crippen LogP contribution >= 0.6 is 0 Å². The van der Waals surface area contributed by atoms with E-state index in [1.54, 1.807) is 12.3 Å². The minimum Gasteiger partial charge on any atom is -0.457 e. The van der Waals surface area contributed by atoms with Crippen molar-refractivity contribution in [3.8, 4) is 23.3 Å². The quantitative estimate of drug-likeness (QED) is 0.175. The van der Waals surface area contributed by atoms with Crippen LogP contribution in [0.1, 0.15) is 31.2 Å². The van der Waals surface area contributed by atoms with Crippen molar-refractivity contribution in [3.05, 3.63) is 79.0 Å². The van der Waals surface area contributed by atoms with Crippen LogP contribution in [0.25, 0.3) is 16.6 Å². The lowest BCUT2D eigenvalue weighted by Gasteiger charge is -2.22. The second-order valence-electron chi connectivity index (χ2n) is 9.89. The van der Waals surface area contributed by atoms with Gasteiger partial charge in [-0.1, -0.05) is 5.92 Å². The summed E-state index contributed by atoms with van der Waals surface area (Å²) in [6.07, 6.45) is 10.4. The van der Waals surface area contributed by atoms with E-state index in [1.165, 1.54) is 6.33 Å². The van der Waals surface area contributed by atoms with Crippen molar-refractivity contribution in [2.75, 3.05) is 23.8 Å². The first kappa shape index (κ1) is 27.2. The normalized spacial score (nSPS) is 14.7. The average molecular weight is 563 g/mol. The summed E-state index contributed by atoms with van der Waals surface area (Å²) in [4.78, 5) is 25.5. The van der Waals surface area contributed by atoms with Gasteiger partial charge in [-0.05, 0) is 80.1 Å². The fraction of sp³-hybridized carbons (Fsp3) is 0.250. The van der Waals surface area contributed by atoms with Crippen molar-refractivity contribution in [2.45, 2.75) is 38.9 Å². The number of nitrogens with one attached hydrogen (secondary N) is 2. The number of hydrogen-bond donors (Lipinski definition) is 2. The van der Waals surface area contributed by atoms with Gasteiger partial charge < -0.3 is 29.2 Å². The maximum absolute atomic E-state index is 12.4. The molecule has 2 N–H and O–H groups in total. The molecule has 1 saturated heterocycles. The number of fused-ring (bicyclic) bond motifs is 2. The Morgan fingerprint density at radius 3 is 2.88 bits per heavy atom. The average Bonchev–Trinajstić information content (AvgIpc) is 3.47. The largest absolute Gasteiger partial charge is 0.457 e. The van der Waals surface area contributed by atoms with E-state index in [1.807, 2.05) is 66.2 Å². The molecule has 212 valence electrons. The Kier molecular flexibility index (Phi) is 8.21. The van der Waals surface area contributed by atoms with Gasteiger partial charge in [0.1, 0.15) is 29.3 Å². The lowest BCUT2D eigenvalue weighted by Crippen LogP contribution is -2.22. The SMILES string of the molecule is Cc1cc(Nc2ncnc3ccc(NC(=O)C#CCCOC4CCCCO4)cc23)ccc1Oc1ccn2ccnc2c1. The molecule has 3 aromatic heterocycles. The van der Waals surface area contributed by atoms with Crippen LogP contribution in [0.15, 0.2) is 73.4 Å². The van der Waals surface area contributed by atoms with E-state index in [9.17, 15) is 4.79 Å². The van der Waals surface area contributed by atoms with Crippen LogP contribution in [0.4, 0.5) is 17.2 Å². The summed E-state index contributed by atoms with van der Waals surface area (Å²) in [5, 5.41) is 6.96. The Labute approximate surface area is 243 Å². The Bertz CT molecular complexity index is 1780. The van der Waals surface area contributed by atoms with Crippen LogP contribution in [-0.4, -0.2) is 44.8 Å². The molecule has 0 aliphatic carbocycles. The van der Waals surface area contributed by atoms with Gasteiger partial charge in [0, 0.05) is 54.4 Å². The number of ether oxygens (including phenoxy) is 3. The van der Waals surface area contributed by atoms with E-state index in [4.69, 9.17) is 14.2 Å². The van der Waals surface area contributed by atoms with E-state index in [-0.39, 0.29) is 6.29 Å². The zero-order valence-electron chi connectivity index (χ0n) is 23.2. The van der Waals surface area contributed by atoms with Gasteiger partial charge in [0.05, 0.1) is 12.1 Å². The molecule has 0 bridgehead atoms. The van der Waals surface area contributed by atoms with Crippen molar-refractivity contribution >= 4 is 39.6 Å². The third-order valence-corrected chi connectivity index (χ3v) is 6.80. The van der Waals surface area contributed by atoms with Crippen LogP contribution < -0.4 is 15.4 Å². The highest BCUT2D eigenvalue weighted by atomic mass is 16.7. The molecule has 42 heavy (non-hydrogen) atoms. The molecule has 5 aromatic rings. The van der Waals surface area contributed by atoms with Gasteiger partial charge in [0.25, 0.3) is 5.91 Å². The molecule has 1 fully saturated rings. The molecule has 1 unspecified atom stereocenters. The Morgan fingerprint density at radius 1 is 1.07 bits per heavy atom. The summed E-state index contributed by atoms with van der Waals surface area (Å²) < 4.78 is 19.2. The molecule has 0 radical (unpaired) electrons. The number of hydrogen-bond acceptors (Lipinski definition) is 8. The zero-order valence-corrected chi connectivity index (χ0v) is 23.2. The number of carbonyl (C=O) groups excluding carboxylic acids is 1. The summed E-state index contributed by atoms with van der Waals surface area (Å²) in [5.41, 5.74) is 3.94. The summed E-state index contributed by atoms with van der Waals surface area (Å²) in [6, 6.07) is 15.1. The lowest BCUT2D eigenvalue weighted by atomic mass is 10.1. The van der Waals surface area contributed by atoms with Gasteiger partial charge in [0.2, 0.25) is 0 Å². The Hall–Kier alpha value is -4.98. The molecule has 1 atom stereocenters. The number of carbonyl (C=O) groups is 1. The maximum Gasteiger partial charge on any atom is 0.300 e. The summed E-state index contributed by atoms with van der Waals surface area (Å²) >= 11 is 0. The molecule has 1 amide bonds. The second-order valence-corrected chi connectivity index (χ2v) is 9.89. The molecule has 10 nitrogen and oxygen atoms in total. The molecule has 1 aliphatic rings. The van der Waals surface area contributed by atoms with Gasteiger partial charge in [-0.3, -0.25) is 4.79 Å². The first-order valence-electron chi connectivity index (χ1n) is 13.9. The van der Waals surface area contributed by atoms with Crippen molar-refractivity contribution < 1.29 is 19.0 Å². The molecular formula is C32H30N6O4. The zero-order chi connectivity index (χ0) is 28.7. The molecule has 0 saturated carbocycles. The highest BCUT2D eigenvalue weighted by molar-refractivity contribution is 6.05. The lowest BCUT2D eigenvalue weighted by molar-refractivity contribution is -0.161. The van der Waals surface area contributed by atoms with Crippen molar-refractivity contribution in [3.63, 3.8) is 0 Å². The van der Waals surface area contributed by atoms with E-state index in [0.717, 1.165) is 59.4 Å². The number of anilines is 3. The van der Waals surface area contributed by atoms with Crippen LogP contribution in [0.3, 0.4) is 0 Å². The number of imidazole rings is 1. The number of rotatable bonds is 8. The van der Waals surface area contributed by atoms with Crippen molar-refractivity contribution in [2.24, 2.45) is 0 Å². The summed E-state index contributed by atoms with van der Waals surface area (Å²) in [7, 11) is 0. The topological polar surface area (TPSA) is 112 Å². The first-order valence-corrected chi connectivity index (χ1v) is 13.9. The number of benzene rings is 2. The Morgan fingerprint density at radius 2 is 2.00 bits per heavy atom. The third-order valence-electron chi connectivity index (χ3n) is 6.80. The van der Waals surface area contributed by atoms with Gasteiger partial charge in [0.15, 0.2) is 6.29 Å². The second kappa shape index (κ2) is 12.7. The molecule has 2 aromatic carbocycles. The van der Waals surface area contributed by atoms with Crippen molar-refractivity contribution in [1.29, 1.82) is 0 Å². The van der Waals surface area contributed by atoms with E-state index < -0.39 is 5.91 Å². The first-order chi connectivity index (χ1) is 20.6. The molecule has 4 heterocycles. The number of amides is 1. The number of aromatic nitrogens is 4. The monoisotopic (exact) mass is 562 g/mol. The molecule has 10 heteroatoms. The van der Waals surface area contributed by atoms with Crippen LogP contribution in [0.2, 0.25) is 0 Å². The summed E-state index contributed by atoms with van der Waals surface area (Å²) in [6.45, 7) is 3.15. The maximum atomic E-state index is 12.4. The van der Waals surface area contributed by atoms with Gasteiger partial charge in [-0.15, -0.1) is 0 Å². The highest BCUT2D eigenvalue weighted by Crippen LogP contribution is 2.31.